The zero-order valence-electron chi connectivity index (χ0n) is 15.1. The summed E-state index contributed by atoms with van der Waals surface area (Å²) in [6.07, 6.45) is 2.05. The molecule has 0 saturated carbocycles. The van der Waals surface area contributed by atoms with Crippen LogP contribution in [0.5, 0.6) is 0 Å². The third-order valence-electron chi connectivity index (χ3n) is 4.52. The summed E-state index contributed by atoms with van der Waals surface area (Å²) < 4.78 is 0. The van der Waals surface area contributed by atoms with E-state index in [0.29, 0.717) is 31.0 Å². The molecule has 0 unspecified atom stereocenters. The fraction of sp³-hybridized carbons (Fsp3) is 0.286. The zero-order valence-corrected chi connectivity index (χ0v) is 15.9. The molecule has 1 amide bonds. The van der Waals surface area contributed by atoms with Gasteiger partial charge in [-0.2, -0.15) is 5.26 Å². The Morgan fingerprint density at radius 2 is 1.74 bits per heavy atom. The van der Waals surface area contributed by atoms with E-state index in [-0.39, 0.29) is 5.91 Å². The summed E-state index contributed by atoms with van der Waals surface area (Å²) in [5, 5.41) is 15.6. The minimum absolute atomic E-state index is 0.248. The van der Waals surface area contributed by atoms with Crippen LogP contribution in [-0.2, 0) is 24.3 Å². The van der Waals surface area contributed by atoms with Gasteiger partial charge in [0.25, 0.3) is 0 Å². The highest BCUT2D eigenvalue weighted by Crippen LogP contribution is 2.15. The molecular formula is C21H22N4OS. The van der Waals surface area contributed by atoms with E-state index >= 15 is 0 Å². The molecule has 1 fully saturated rings. The summed E-state index contributed by atoms with van der Waals surface area (Å²) in [5.41, 5.74) is 4.14. The highest BCUT2D eigenvalue weighted by atomic mass is 32.1. The molecule has 138 valence electrons. The molecule has 1 heterocycles. The predicted molar refractivity (Wildman–Crippen MR) is 110 cm³/mol. The van der Waals surface area contributed by atoms with Crippen LogP contribution in [0.15, 0.2) is 48.5 Å². The largest absolute Gasteiger partial charge is 0.358 e. The van der Waals surface area contributed by atoms with Crippen molar-refractivity contribution in [1.29, 1.82) is 5.26 Å². The van der Waals surface area contributed by atoms with Gasteiger partial charge in [0, 0.05) is 31.7 Å². The van der Waals surface area contributed by atoms with Crippen LogP contribution >= 0.6 is 12.2 Å². The van der Waals surface area contributed by atoms with E-state index < -0.39 is 0 Å². The van der Waals surface area contributed by atoms with E-state index in [2.05, 4.69) is 41.0 Å². The fourth-order valence-electron chi connectivity index (χ4n) is 3.01. The topological polar surface area (TPSA) is 68.2 Å². The lowest BCUT2D eigenvalue weighted by Crippen LogP contribution is -2.27. The van der Waals surface area contributed by atoms with Crippen LogP contribution in [0.4, 0.5) is 5.69 Å². The van der Waals surface area contributed by atoms with Crippen LogP contribution < -0.4 is 10.6 Å². The number of amides is 1. The molecule has 1 aliphatic heterocycles. The number of benzene rings is 2. The fourth-order valence-corrected chi connectivity index (χ4v) is 3.20. The van der Waals surface area contributed by atoms with Crippen LogP contribution in [0.3, 0.4) is 0 Å². The molecule has 0 radical (unpaired) electrons. The van der Waals surface area contributed by atoms with Crippen molar-refractivity contribution in [3.05, 3.63) is 65.2 Å². The Morgan fingerprint density at radius 1 is 1.07 bits per heavy atom. The van der Waals surface area contributed by atoms with Gasteiger partial charge in [0.1, 0.15) is 0 Å². The second-order valence-corrected chi connectivity index (χ2v) is 6.98. The number of likely N-dealkylation sites (tertiary alicyclic amines) is 1. The highest BCUT2D eigenvalue weighted by molar-refractivity contribution is 7.80. The van der Waals surface area contributed by atoms with E-state index in [9.17, 15) is 4.79 Å². The standard InChI is InChI=1S/C21H22N4OS/c22-12-11-16-7-9-19(10-8-16)24-21(27)23-14-17-3-5-18(6-4-17)15-25-13-1-2-20(25)26/h3-10H,1-2,11,13-15H2,(H2,23,24,27). The van der Waals surface area contributed by atoms with E-state index in [1.165, 1.54) is 0 Å². The monoisotopic (exact) mass is 378 g/mol. The smallest absolute Gasteiger partial charge is 0.222 e. The summed E-state index contributed by atoms with van der Waals surface area (Å²) in [6.45, 7) is 2.18. The summed E-state index contributed by atoms with van der Waals surface area (Å²) in [7, 11) is 0. The first-order valence-electron chi connectivity index (χ1n) is 9.00. The Labute approximate surface area is 165 Å². The number of hydrogen-bond donors (Lipinski definition) is 2. The van der Waals surface area contributed by atoms with Crippen molar-refractivity contribution in [2.45, 2.75) is 32.4 Å². The maximum Gasteiger partial charge on any atom is 0.222 e. The first-order valence-corrected chi connectivity index (χ1v) is 9.41. The Bertz CT molecular complexity index is 840. The molecule has 5 nitrogen and oxygen atoms in total. The molecule has 0 spiro atoms. The van der Waals surface area contributed by atoms with Gasteiger partial charge in [-0.05, 0) is 47.5 Å². The molecule has 0 atom stereocenters. The van der Waals surface area contributed by atoms with Gasteiger partial charge < -0.3 is 15.5 Å². The van der Waals surface area contributed by atoms with E-state index in [4.69, 9.17) is 17.5 Å². The number of nitrogens with one attached hydrogen (secondary N) is 2. The zero-order chi connectivity index (χ0) is 19.1. The normalized spacial score (nSPS) is 13.3. The highest BCUT2D eigenvalue weighted by Gasteiger charge is 2.19. The molecule has 0 aromatic heterocycles. The van der Waals surface area contributed by atoms with Gasteiger partial charge in [0.2, 0.25) is 5.91 Å². The third-order valence-corrected chi connectivity index (χ3v) is 4.76. The molecule has 0 aliphatic carbocycles. The Morgan fingerprint density at radius 3 is 2.37 bits per heavy atom. The van der Waals surface area contributed by atoms with Crippen molar-refractivity contribution < 1.29 is 4.79 Å². The average molecular weight is 379 g/mol. The van der Waals surface area contributed by atoms with Gasteiger partial charge in [-0.3, -0.25) is 4.79 Å². The van der Waals surface area contributed by atoms with Gasteiger partial charge >= 0.3 is 0 Å². The molecule has 0 bridgehead atoms. The molecule has 1 saturated heterocycles. The first kappa shape index (κ1) is 18.9. The third kappa shape index (κ3) is 5.53. The lowest BCUT2D eigenvalue weighted by Gasteiger charge is -2.16. The van der Waals surface area contributed by atoms with Gasteiger partial charge in [-0.1, -0.05) is 36.4 Å². The van der Waals surface area contributed by atoms with Gasteiger partial charge in [-0.25, -0.2) is 0 Å². The van der Waals surface area contributed by atoms with Crippen LogP contribution in [-0.4, -0.2) is 22.5 Å². The van der Waals surface area contributed by atoms with Gasteiger partial charge in [-0.15, -0.1) is 0 Å². The van der Waals surface area contributed by atoms with Crippen molar-refractivity contribution in [2.24, 2.45) is 0 Å². The van der Waals surface area contributed by atoms with Crippen molar-refractivity contribution in [1.82, 2.24) is 10.2 Å². The van der Waals surface area contributed by atoms with Crippen LogP contribution in [0.2, 0.25) is 0 Å². The van der Waals surface area contributed by atoms with Crippen molar-refractivity contribution in [3.63, 3.8) is 0 Å². The van der Waals surface area contributed by atoms with E-state index in [1.54, 1.807) is 0 Å². The molecule has 2 N–H and O–H groups in total. The number of nitrogens with zero attached hydrogens (tertiary/aromatic N) is 2. The number of carbonyl (C=O) groups excluding carboxylic acids is 1. The molecule has 2 aromatic carbocycles. The average Bonchev–Trinajstić information content (AvgIpc) is 3.08. The quantitative estimate of drug-likeness (QED) is 0.755. The molecule has 3 rings (SSSR count). The van der Waals surface area contributed by atoms with Gasteiger partial charge in [0.15, 0.2) is 5.11 Å². The van der Waals surface area contributed by atoms with Crippen molar-refractivity contribution in [3.8, 4) is 6.07 Å². The second kappa shape index (κ2) is 9.15. The lowest BCUT2D eigenvalue weighted by atomic mass is 10.1. The second-order valence-electron chi connectivity index (χ2n) is 6.57. The molecular weight excluding hydrogens is 356 g/mol. The first-order chi connectivity index (χ1) is 13.1. The molecule has 6 heteroatoms. The number of hydrogen-bond acceptors (Lipinski definition) is 3. The Balaban J connectivity index is 1.45. The summed E-state index contributed by atoms with van der Waals surface area (Å²) in [6, 6.07) is 18.0. The van der Waals surface area contributed by atoms with E-state index in [0.717, 1.165) is 35.3 Å². The number of rotatable bonds is 6. The van der Waals surface area contributed by atoms with Crippen LogP contribution in [0.25, 0.3) is 0 Å². The molecule has 27 heavy (non-hydrogen) atoms. The predicted octanol–water partition coefficient (Wildman–Crippen LogP) is 3.36. The summed E-state index contributed by atoms with van der Waals surface area (Å²) in [5.74, 6) is 0.248. The number of anilines is 1. The van der Waals surface area contributed by atoms with Crippen LogP contribution in [0.1, 0.15) is 29.5 Å². The number of carbonyl (C=O) groups is 1. The molecule has 1 aliphatic rings. The molecule has 2 aromatic rings. The van der Waals surface area contributed by atoms with Crippen LogP contribution in [0, 0.1) is 11.3 Å². The van der Waals surface area contributed by atoms with E-state index in [1.807, 2.05) is 29.2 Å². The van der Waals surface area contributed by atoms with Gasteiger partial charge in [0.05, 0.1) is 12.5 Å². The lowest BCUT2D eigenvalue weighted by molar-refractivity contribution is -0.128. The SMILES string of the molecule is N#CCc1ccc(NC(=S)NCc2ccc(CN3CCCC3=O)cc2)cc1. The van der Waals surface area contributed by atoms with Crippen molar-refractivity contribution in [2.75, 3.05) is 11.9 Å². The Hall–Kier alpha value is -2.91. The minimum atomic E-state index is 0.248. The summed E-state index contributed by atoms with van der Waals surface area (Å²) in [4.78, 5) is 13.6. The maximum atomic E-state index is 11.7. The minimum Gasteiger partial charge on any atom is -0.358 e. The number of thiocarbonyl (C=S) groups is 1. The van der Waals surface area contributed by atoms with Crippen molar-refractivity contribution >= 4 is 28.9 Å². The maximum absolute atomic E-state index is 11.7. The summed E-state index contributed by atoms with van der Waals surface area (Å²) >= 11 is 5.33. The number of nitriles is 1. The Kier molecular flexibility index (Phi) is 6.39.